The molecular formula is C25H27Cl3N4O. The van der Waals surface area contributed by atoms with Crippen molar-refractivity contribution in [1.82, 2.24) is 20.0 Å². The standard InChI is InChI=1S/C25H27Cl3N4O/c1-2-3-15-32-23(17-7-9-18(26)10-8-17)22(20-12-11-19(27)16-21(20)28)29-24(32)25(33)30-31-13-5-4-6-14-31/h7-12,16H,2-6,13-15H2,1H3,(H,30,33). The minimum absolute atomic E-state index is 0.209. The Bertz CT molecular complexity index is 1120. The smallest absolute Gasteiger partial charge is 0.301 e. The lowest BCUT2D eigenvalue weighted by Gasteiger charge is -2.26. The molecule has 1 saturated heterocycles. The lowest BCUT2D eigenvalue weighted by Crippen LogP contribution is -2.45. The first kappa shape index (κ1) is 24.1. The Kier molecular flexibility index (Phi) is 7.97. The molecule has 5 nitrogen and oxygen atoms in total. The summed E-state index contributed by atoms with van der Waals surface area (Å²) in [5.74, 6) is 0.166. The molecule has 2 aromatic carbocycles. The SMILES string of the molecule is CCCCn1c(C(=O)NN2CCCCC2)nc(-c2ccc(Cl)cc2Cl)c1-c1ccc(Cl)cc1. The summed E-state index contributed by atoms with van der Waals surface area (Å²) in [5, 5.41) is 3.67. The lowest BCUT2D eigenvalue weighted by atomic mass is 10.0. The third-order valence-corrected chi connectivity index (χ3v) is 6.63. The normalized spacial score (nSPS) is 14.4. The number of piperidine rings is 1. The van der Waals surface area contributed by atoms with Gasteiger partial charge in [0.2, 0.25) is 5.82 Å². The Morgan fingerprint density at radius 2 is 1.70 bits per heavy atom. The van der Waals surface area contributed by atoms with Crippen LogP contribution < -0.4 is 5.43 Å². The van der Waals surface area contributed by atoms with E-state index in [9.17, 15) is 4.79 Å². The minimum Gasteiger partial charge on any atom is -0.319 e. The van der Waals surface area contributed by atoms with Crippen molar-refractivity contribution in [3.05, 3.63) is 63.4 Å². The van der Waals surface area contributed by atoms with Gasteiger partial charge in [-0.2, -0.15) is 0 Å². The summed E-state index contributed by atoms with van der Waals surface area (Å²) < 4.78 is 2.01. The lowest BCUT2D eigenvalue weighted by molar-refractivity contribution is 0.0734. The molecule has 0 spiro atoms. The molecule has 1 fully saturated rings. The summed E-state index contributed by atoms with van der Waals surface area (Å²) in [7, 11) is 0. The monoisotopic (exact) mass is 504 g/mol. The highest BCUT2D eigenvalue weighted by molar-refractivity contribution is 6.36. The van der Waals surface area contributed by atoms with Gasteiger partial charge in [-0.3, -0.25) is 10.2 Å². The van der Waals surface area contributed by atoms with E-state index in [1.54, 1.807) is 12.1 Å². The van der Waals surface area contributed by atoms with Crippen molar-refractivity contribution in [1.29, 1.82) is 0 Å². The molecule has 4 rings (SSSR count). The fourth-order valence-corrected chi connectivity index (χ4v) is 4.75. The van der Waals surface area contributed by atoms with E-state index in [-0.39, 0.29) is 5.91 Å². The molecule has 0 saturated carbocycles. The first-order valence-electron chi connectivity index (χ1n) is 11.4. The molecule has 0 bridgehead atoms. The average Bonchev–Trinajstić information content (AvgIpc) is 3.18. The molecule has 3 aromatic rings. The highest BCUT2D eigenvalue weighted by atomic mass is 35.5. The molecule has 0 radical (unpaired) electrons. The second kappa shape index (κ2) is 10.9. The van der Waals surface area contributed by atoms with E-state index in [1.807, 2.05) is 39.9 Å². The third-order valence-electron chi connectivity index (χ3n) is 5.83. The molecule has 0 unspecified atom stereocenters. The van der Waals surface area contributed by atoms with Gasteiger partial charge in [0, 0.05) is 40.8 Å². The number of nitrogens with zero attached hydrogens (tertiary/aromatic N) is 3. The van der Waals surface area contributed by atoms with E-state index in [2.05, 4.69) is 12.3 Å². The molecule has 1 aliphatic rings. The van der Waals surface area contributed by atoms with Crippen molar-refractivity contribution in [3.8, 4) is 22.5 Å². The number of unbranched alkanes of at least 4 members (excludes halogenated alkanes) is 1. The fourth-order valence-electron chi connectivity index (χ4n) is 4.13. The Balaban J connectivity index is 1.86. The maximum atomic E-state index is 13.4. The van der Waals surface area contributed by atoms with Crippen LogP contribution in [0.25, 0.3) is 22.5 Å². The first-order valence-corrected chi connectivity index (χ1v) is 12.5. The number of hydrogen-bond acceptors (Lipinski definition) is 3. The highest BCUT2D eigenvalue weighted by Gasteiger charge is 2.26. The quantitative estimate of drug-likeness (QED) is 0.372. The summed E-state index contributed by atoms with van der Waals surface area (Å²) in [6, 6.07) is 12.9. The Hall–Kier alpha value is -2.05. The largest absolute Gasteiger partial charge is 0.319 e. The van der Waals surface area contributed by atoms with Crippen molar-refractivity contribution in [2.75, 3.05) is 13.1 Å². The molecule has 174 valence electrons. The number of carbonyl (C=O) groups excluding carboxylic acids is 1. The van der Waals surface area contributed by atoms with Crippen molar-refractivity contribution < 1.29 is 4.79 Å². The van der Waals surface area contributed by atoms with Crippen LogP contribution >= 0.6 is 34.8 Å². The van der Waals surface area contributed by atoms with E-state index in [1.165, 1.54) is 6.42 Å². The predicted molar refractivity (Wildman–Crippen MR) is 136 cm³/mol. The van der Waals surface area contributed by atoms with E-state index >= 15 is 0 Å². The predicted octanol–water partition coefficient (Wildman–Crippen LogP) is 7.11. The zero-order valence-corrected chi connectivity index (χ0v) is 20.8. The minimum atomic E-state index is -0.209. The van der Waals surface area contributed by atoms with Crippen LogP contribution in [-0.4, -0.2) is 33.6 Å². The Labute approximate surface area is 209 Å². The molecule has 2 heterocycles. The summed E-state index contributed by atoms with van der Waals surface area (Å²) in [4.78, 5) is 18.3. The molecule has 33 heavy (non-hydrogen) atoms. The zero-order valence-electron chi connectivity index (χ0n) is 18.6. The van der Waals surface area contributed by atoms with Gasteiger partial charge >= 0.3 is 5.91 Å². The maximum absolute atomic E-state index is 13.4. The van der Waals surface area contributed by atoms with Crippen molar-refractivity contribution in [3.63, 3.8) is 0 Å². The molecule has 1 aromatic heterocycles. The van der Waals surface area contributed by atoms with Crippen molar-refractivity contribution in [2.24, 2.45) is 0 Å². The Morgan fingerprint density at radius 1 is 1.00 bits per heavy atom. The molecule has 1 amide bonds. The van der Waals surface area contributed by atoms with Gasteiger partial charge in [-0.1, -0.05) is 66.7 Å². The molecule has 1 N–H and O–H groups in total. The van der Waals surface area contributed by atoms with Crippen LogP contribution in [0, 0.1) is 0 Å². The summed E-state index contributed by atoms with van der Waals surface area (Å²) in [6.45, 7) is 4.49. The summed E-state index contributed by atoms with van der Waals surface area (Å²) >= 11 is 18.9. The second-order valence-electron chi connectivity index (χ2n) is 8.26. The van der Waals surface area contributed by atoms with Crippen LogP contribution in [0.4, 0.5) is 0 Å². The van der Waals surface area contributed by atoms with Crippen LogP contribution in [0.15, 0.2) is 42.5 Å². The zero-order chi connectivity index (χ0) is 23.4. The van der Waals surface area contributed by atoms with Crippen molar-refractivity contribution >= 4 is 40.7 Å². The average molecular weight is 506 g/mol. The number of amides is 1. The van der Waals surface area contributed by atoms with Crippen LogP contribution in [0.1, 0.15) is 49.6 Å². The summed E-state index contributed by atoms with van der Waals surface area (Å²) in [6.07, 6.45) is 5.24. The van der Waals surface area contributed by atoms with Gasteiger partial charge < -0.3 is 4.57 Å². The molecule has 8 heteroatoms. The number of halogens is 3. The van der Waals surface area contributed by atoms with Crippen LogP contribution in [-0.2, 0) is 6.54 Å². The topological polar surface area (TPSA) is 50.2 Å². The third kappa shape index (κ3) is 5.55. The van der Waals surface area contributed by atoms with Gasteiger partial charge in [0.25, 0.3) is 0 Å². The van der Waals surface area contributed by atoms with Gasteiger partial charge in [-0.25, -0.2) is 9.99 Å². The van der Waals surface area contributed by atoms with Crippen LogP contribution in [0.5, 0.6) is 0 Å². The number of hydrazine groups is 1. The highest BCUT2D eigenvalue weighted by Crippen LogP contribution is 2.38. The molecule has 1 aliphatic heterocycles. The maximum Gasteiger partial charge on any atom is 0.301 e. The number of nitrogens with one attached hydrogen (secondary N) is 1. The van der Waals surface area contributed by atoms with Gasteiger partial charge in [-0.15, -0.1) is 0 Å². The molecular weight excluding hydrogens is 479 g/mol. The van der Waals surface area contributed by atoms with E-state index < -0.39 is 0 Å². The number of aromatic nitrogens is 2. The van der Waals surface area contributed by atoms with Crippen LogP contribution in [0.3, 0.4) is 0 Å². The number of carbonyl (C=O) groups is 1. The van der Waals surface area contributed by atoms with E-state index in [4.69, 9.17) is 39.8 Å². The first-order chi connectivity index (χ1) is 16.0. The number of imidazole rings is 1. The van der Waals surface area contributed by atoms with Gasteiger partial charge in [0.1, 0.15) is 0 Å². The molecule has 0 aliphatic carbocycles. The van der Waals surface area contributed by atoms with Gasteiger partial charge in [0.15, 0.2) is 0 Å². The Morgan fingerprint density at radius 3 is 2.36 bits per heavy atom. The van der Waals surface area contributed by atoms with Gasteiger partial charge in [-0.05, 0) is 49.6 Å². The van der Waals surface area contributed by atoms with Crippen LogP contribution in [0.2, 0.25) is 15.1 Å². The number of hydrogen-bond donors (Lipinski definition) is 1. The van der Waals surface area contributed by atoms with E-state index in [0.29, 0.717) is 33.1 Å². The molecule has 0 atom stereocenters. The number of rotatable bonds is 7. The van der Waals surface area contributed by atoms with Gasteiger partial charge in [0.05, 0.1) is 16.4 Å². The fraction of sp³-hybridized carbons (Fsp3) is 0.360. The summed E-state index contributed by atoms with van der Waals surface area (Å²) in [5.41, 5.74) is 6.20. The number of benzene rings is 2. The second-order valence-corrected chi connectivity index (χ2v) is 9.54. The van der Waals surface area contributed by atoms with Crippen molar-refractivity contribution in [2.45, 2.75) is 45.6 Å². The van der Waals surface area contributed by atoms with E-state index in [0.717, 1.165) is 55.6 Å².